The van der Waals surface area contributed by atoms with Crippen molar-refractivity contribution in [1.29, 1.82) is 0 Å². The Bertz CT molecular complexity index is 1360. The maximum atomic E-state index is 13.6. The van der Waals surface area contributed by atoms with Gasteiger partial charge in [0.1, 0.15) is 12.0 Å². The summed E-state index contributed by atoms with van der Waals surface area (Å²) in [5, 5.41) is 10.0. The van der Waals surface area contributed by atoms with E-state index in [0.29, 0.717) is 31.5 Å². The summed E-state index contributed by atoms with van der Waals surface area (Å²) in [7, 11) is -3.89. The first kappa shape index (κ1) is 37.3. The molecule has 1 amide bonds. The van der Waals surface area contributed by atoms with Crippen LogP contribution in [0.4, 0.5) is 4.79 Å². The summed E-state index contributed by atoms with van der Waals surface area (Å²) in [6.07, 6.45) is 0.583. The molecule has 3 rings (SSSR count). The Morgan fingerprint density at radius 3 is 2.26 bits per heavy atom. The molecule has 2 aromatic rings. The number of ether oxygens (including phenoxy) is 4. The fourth-order valence-electron chi connectivity index (χ4n) is 4.36. The normalized spacial score (nSPS) is 15.3. The molecule has 1 aromatic carbocycles. The summed E-state index contributed by atoms with van der Waals surface area (Å²) in [5.41, 5.74) is 0.733. The van der Waals surface area contributed by atoms with Crippen LogP contribution in [0.3, 0.4) is 0 Å². The minimum Gasteiger partial charge on any atom is -0.463 e. The minimum absolute atomic E-state index is 0.0210. The molecule has 2 N–H and O–H groups in total. The number of aromatic nitrogens is 2. The third kappa shape index (κ3) is 11.9. The van der Waals surface area contributed by atoms with E-state index >= 15 is 0 Å². The van der Waals surface area contributed by atoms with Crippen LogP contribution < -0.4 is 5.32 Å². The number of aromatic amines is 1. The number of Topliss-reactive ketones (excluding diaryl/α,β-unsaturated/α-hetero) is 1. The van der Waals surface area contributed by atoms with Crippen LogP contribution in [0.1, 0.15) is 66.9 Å². The summed E-state index contributed by atoms with van der Waals surface area (Å²) in [5.74, 6) is -0.794. The summed E-state index contributed by atoms with van der Waals surface area (Å²) < 4.78 is 44.7. The molecular weight excluding hydrogens is 666 g/mol. The number of amides is 1. The van der Waals surface area contributed by atoms with E-state index in [9.17, 15) is 18.9 Å². The number of nitrogens with one attached hydrogen (secondary N) is 2. The van der Waals surface area contributed by atoms with Crippen LogP contribution in [0.2, 0.25) is 10.0 Å². The highest BCUT2D eigenvalue weighted by Crippen LogP contribution is 2.49. The summed E-state index contributed by atoms with van der Waals surface area (Å²) >= 11 is 12.3. The number of carbonyl (C=O) groups is 3. The van der Waals surface area contributed by atoms with Crippen molar-refractivity contribution in [2.24, 2.45) is 0 Å². The van der Waals surface area contributed by atoms with Gasteiger partial charge in [-0.2, -0.15) is 5.10 Å². The number of carbonyl (C=O) groups excluding carboxylic acids is 3. The van der Waals surface area contributed by atoms with Gasteiger partial charge >= 0.3 is 13.8 Å². The fraction of sp³-hybridized carbons (Fsp3) is 0.517. The highest BCUT2D eigenvalue weighted by molar-refractivity contribution is 7.53. The highest BCUT2D eigenvalue weighted by Gasteiger charge is 2.32. The minimum atomic E-state index is -3.89. The highest BCUT2D eigenvalue weighted by atomic mass is 35.5. The lowest BCUT2D eigenvalue weighted by atomic mass is 10.0. The second-order valence-corrected chi connectivity index (χ2v) is 13.7. The number of hydrogen-bond donors (Lipinski definition) is 2. The average molecular weight is 706 g/mol. The molecule has 1 atom stereocenters. The molecule has 1 saturated heterocycles. The first-order valence-corrected chi connectivity index (χ1v) is 17.0. The smallest absolute Gasteiger partial charge is 0.463 e. The Kier molecular flexibility index (Phi) is 14.4. The monoisotopic (exact) mass is 704 g/mol. The van der Waals surface area contributed by atoms with Crippen molar-refractivity contribution >= 4 is 48.6 Å². The molecule has 1 aromatic heterocycles. The molecule has 1 fully saturated rings. The van der Waals surface area contributed by atoms with Crippen LogP contribution in [0, 0.1) is 0 Å². The van der Waals surface area contributed by atoms with Gasteiger partial charge < -0.3 is 24.3 Å². The van der Waals surface area contributed by atoms with E-state index in [0.717, 1.165) is 0 Å². The van der Waals surface area contributed by atoms with Crippen molar-refractivity contribution in [2.45, 2.75) is 65.2 Å². The van der Waals surface area contributed by atoms with Crippen LogP contribution >= 0.6 is 30.8 Å². The van der Waals surface area contributed by atoms with Gasteiger partial charge in [0.05, 0.1) is 34.0 Å². The van der Waals surface area contributed by atoms with E-state index in [2.05, 4.69) is 22.1 Å². The summed E-state index contributed by atoms with van der Waals surface area (Å²) in [6.45, 7) is 10.2. The molecule has 1 unspecified atom stereocenters. The summed E-state index contributed by atoms with van der Waals surface area (Å²) in [6, 6.07) is 4.56. The number of halogens is 2. The fourth-order valence-corrected chi connectivity index (χ4v) is 6.40. The molecular formula is C29H39Cl2N4O10P. The van der Waals surface area contributed by atoms with Gasteiger partial charge in [-0.25, -0.2) is 4.79 Å². The number of hydrogen-bond acceptors (Lipinski definition) is 12. The maximum Gasteiger partial charge on any atom is 0.510 e. The van der Waals surface area contributed by atoms with E-state index < -0.39 is 39.3 Å². The lowest BCUT2D eigenvalue weighted by Gasteiger charge is -2.33. The third-order valence-corrected chi connectivity index (χ3v) is 8.80. The van der Waals surface area contributed by atoms with Crippen LogP contribution in [0.25, 0.3) is 0 Å². The Labute approximate surface area is 277 Å². The van der Waals surface area contributed by atoms with Crippen LogP contribution in [0.5, 0.6) is 0 Å². The molecule has 0 aliphatic carbocycles. The number of benzene rings is 1. The molecule has 0 radical (unpaired) electrons. The Morgan fingerprint density at radius 1 is 1.04 bits per heavy atom. The van der Waals surface area contributed by atoms with Crippen molar-refractivity contribution in [1.82, 2.24) is 20.4 Å². The number of H-pyrrole nitrogens is 1. The van der Waals surface area contributed by atoms with Crippen molar-refractivity contribution in [3.05, 3.63) is 63.8 Å². The number of nitrogens with zero attached hydrogens (tertiary/aromatic N) is 2. The van der Waals surface area contributed by atoms with E-state index in [1.165, 1.54) is 6.20 Å². The van der Waals surface area contributed by atoms with Gasteiger partial charge in [0.2, 0.25) is 13.6 Å². The average Bonchev–Trinajstić information content (AvgIpc) is 3.41. The largest absolute Gasteiger partial charge is 0.510 e. The van der Waals surface area contributed by atoms with Crippen molar-refractivity contribution < 1.29 is 46.9 Å². The van der Waals surface area contributed by atoms with Gasteiger partial charge in [0, 0.05) is 31.1 Å². The van der Waals surface area contributed by atoms with Crippen LogP contribution in [-0.2, 0) is 39.0 Å². The molecule has 17 heteroatoms. The van der Waals surface area contributed by atoms with Gasteiger partial charge in [0.15, 0.2) is 5.78 Å². The lowest BCUT2D eigenvalue weighted by Crippen LogP contribution is -2.45. The van der Waals surface area contributed by atoms with E-state index in [4.69, 9.17) is 51.2 Å². The maximum absolute atomic E-state index is 13.6. The standard InChI is InChI=1S/C29H39Cl2N4O10P/c1-18(2)44-20(5)40-16-42-46(39,43-17-41-29(38)45-19(3)4)15-35-11-9-22(10-12-35)33-28(37)27-21(14-32-34-27)13-25(36)26-23(30)7-6-8-24(26)31/h6-8,14,18-19,22H,5,9-13,15-17H2,1-4H3,(H,32,34)(H,33,37). The van der Waals surface area contributed by atoms with Crippen molar-refractivity contribution in [2.75, 3.05) is 33.0 Å². The number of piperidine rings is 1. The van der Waals surface area contributed by atoms with Gasteiger partial charge in [-0.1, -0.05) is 29.3 Å². The van der Waals surface area contributed by atoms with Gasteiger partial charge in [0.25, 0.3) is 11.9 Å². The quantitative estimate of drug-likeness (QED) is 0.0658. The Balaban J connectivity index is 1.54. The second-order valence-electron chi connectivity index (χ2n) is 10.8. The predicted molar refractivity (Wildman–Crippen MR) is 169 cm³/mol. The molecule has 1 aliphatic rings. The molecule has 0 saturated carbocycles. The first-order chi connectivity index (χ1) is 21.8. The SMILES string of the molecule is C=C(OCOP(=O)(CN1CCC(NC(=O)c2[nH]ncc2CC(=O)c2c(Cl)cccc2Cl)CC1)OCOC(=O)OC(C)C)OC(C)C. The molecule has 14 nitrogen and oxygen atoms in total. The third-order valence-electron chi connectivity index (χ3n) is 6.43. The molecule has 46 heavy (non-hydrogen) atoms. The molecule has 1 aliphatic heterocycles. The van der Waals surface area contributed by atoms with E-state index in [-0.39, 0.29) is 57.9 Å². The number of likely N-dealkylation sites (tertiary alicyclic amines) is 1. The zero-order valence-corrected chi connectivity index (χ0v) is 28.5. The number of ketones is 1. The van der Waals surface area contributed by atoms with Crippen LogP contribution in [-0.4, -0.2) is 84.2 Å². The zero-order valence-electron chi connectivity index (χ0n) is 26.1. The van der Waals surface area contributed by atoms with Crippen LogP contribution in [0.15, 0.2) is 36.9 Å². The van der Waals surface area contributed by atoms with Gasteiger partial charge in [-0.05, 0) is 59.2 Å². The molecule has 0 bridgehead atoms. The van der Waals surface area contributed by atoms with Crippen molar-refractivity contribution in [3.8, 4) is 0 Å². The summed E-state index contributed by atoms with van der Waals surface area (Å²) in [4.78, 5) is 39.6. The predicted octanol–water partition coefficient (Wildman–Crippen LogP) is 5.91. The zero-order chi connectivity index (χ0) is 33.9. The molecule has 2 heterocycles. The first-order valence-electron chi connectivity index (χ1n) is 14.5. The van der Waals surface area contributed by atoms with E-state index in [1.54, 1.807) is 45.9 Å². The lowest BCUT2D eigenvalue weighted by molar-refractivity contribution is -0.0550. The second kappa shape index (κ2) is 17.7. The number of rotatable bonds is 17. The Hall–Kier alpha value is -3.13. The van der Waals surface area contributed by atoms with E-state index in [1.807, 2.05) is 4.90 Å². The molecule has 254 valence electrons. The Morgan fingerprint density at radius 2 is 1.65 bits per heavy atom. The molecule has 0 spiro atoms. The van der Waals surface area contributed by atoms with Crippen molar-refractivity contribution in [3.63, 3.8) is 0 Å². The topological polar surface area (TPSA) is 168 Å². The van der Waals surface area contributed by atoms with Gasteiger partial charge in [-0.3, -0.25) is 33.2 Å². The van der Waals surface area contributed by atoms with Gasteiger partial charge in [-0.15, -0.1) is 0 Å².